The van der Waals surface area contributed by atoms with Crippen LogP contribution < -0.4 is 5.32 Å². The van der Waals surface area contributed by atoms with Gasteiger partial charge in [-0.1, -0.05) is 35.9 Å². The van der Waals surface area contributed by atoms with Gasteiger partial charge in [0.05, 0.1) is 12.8 Å². The molecule has 1 amide bonds. The Morgan fingerprint density at radius 3 is 2.64 bits per heavy atom. The van der Waals surface area contributed by atoms with Crippen LogP contribution in [0.15, 0.2) is 35.9 Å². The third-order valence-corrected chi connectivity index (χ3v) is 5.84. The molecular weight excluding hydrogens is 336 g/mol. The zero-order valence-electron chi connectivity index (χ0n) is 15.1. The lowest BCUT2D eigenvalue weighted by Gasteiger charge is -2.21. The van der Waals surface area contributed by atoms with Gasteiger partial charge in [0.2, 0.25) is 15.9 Å². The third kappa shape index (κ3) is 6.63. The molecule has 1 N–H and O–H groups in total. The SMILES string of the molecule is Cc1ccccc1CNC(=O)CN(CCC1=CCCCC1)S(C)(=O)=O. The normalized spacial score (nSPS) is 15.1. The highest BCUT2D eigenvalue weighted by molar-refractivity contribution is 7.88. The van der Waals surface area contributed by atoms with Crippen molar-refractivity contribution in [2.24, 2.45) is 0 Å². The summed E-state index contributed by atoms with van der Waals surface area (Å²) >= 11 is 0. The van der Waals surface area contributed by atoms with Crippen LogP contribution in [0.2, 0.25) is 0 Å². The van der Waals surface area contributed by atoms with Gasteiger partial charge in [-0.25, -0.2) is 8.42 Å². The van der Waals surface area contributed by atoms with Crippen molar-refractivity contribution >= 4 is 15.9 Å². The molecule has 0 radical (unpaired) electrons. The zero-order valence-corrected chi connectivity index (χ0v) is 15.9. The van der Waals surface area contributed by atoms with Crippen LogP contribution in [-0.2, 0) is 21.4 Å². The Morgan fingerprint density at radius 2 is 2.00 bits per heavy atom. The summed E-state index contributed by atoms with van der Waals surface area (Å²) in [4.78, 5) is 12.2. The number of amides is 1. The Kier molecular flexibility index (Phi) is 7.20. The molecule has 0 aromatic heterocycles. The van der Waals surface area contributed by atoms with Crippen LogP contribution in [0.5, 0.6) is 0 Å². The van der Waals surface area contributed by atoms with Crippen LogP contribution in [0.1, 0.15) is 43.2 Å². The summed E-state index contributed by atoms with van der Waals surface area (Å²) in [6.45, 7) is 2.64. The first-order valence-corrected chi connectivity index (χ1v) is 10.7. The molecule has 0 aliphatic heterocycles. The van der Waals surface area contributed by atoms with E-state index in [1.165, 1.54) is 22.7 Å². The van der Waals surface area contributed by atoms with E-state index < -0.39 is 10.0 Å². The number of allylic oxidation sites excluding steroid dienone is 1. The second-order valence-corrected chi connectivity index (χ2v) is 8.64. The smallest absolute Gasteiger partial charge is 0.235 e. The second-order valence-electron chi connectivity index (χ2n) is 6.66. The molecule has 25 heavy (non-hydrogen) atoms. The van der Waals surface area contributed by atoms with Gasteiger partial charge in [-0.3, -0.25) is 4.79 Å². The molecule has 0 unspecified atom stereocenters. The zero-order chi connectivity index (χ0) is 18.3. The first kappa shape index (κ1) is 19.7. The van der Waals surface area contributed by atoms with Crippen molar-refractivity contribution in [3.63, 3.8) is 0 Å². The summed E-state index contributed by atoms with van der Waals surface area (Å²) in [7, 11) is -3.41. The van der Waals surface area contributed by atoms with Crippen LogP contribution in [0.4, 0.5) is 0 Å². The van der Waals surface area contributed by atoms with Crippen molar-refractivity contribution in [2.75, 3.05) is 19.3 Å². The lowest BCUT2D eigenvalue weighted by Crippen LogP contribution is -2.40. The third-order valence-electron chi connectivity index (χ3n) is 4.59. The Balaban J connectivity index is 1.89. The molecule has 1 aliphatic rings. The van der Waals surface area contributed by atoms with Crippen LogP contribution >= 0.6 is 0 Å². The minimum Gasteiger partial charge on any atom is -0.351 e. The van der Waals surface area contributed by atoms with Crippen molar-refractivity contribution < 1.29 is 13.2 Å². The fourth-order valence-electron chi connectivity index (χ4n) is 2.98. The number of benzene rings is 1. The lowest BCUT2D eigenvalue weighted by atomic mass is 9.97. The minimum atomic E-state index is -3.41. The topological polar surface area (TPSA) is 66.5 Å². The molecule has 0 saturated heterocycles. The molecule has 0 fully saturated rings. The number of rotatable bonds is 8. The van der Waals surface area contributed by atoms with Gasteiger partial charge in [0, 0.05) is 13.1 Å². The Bertz CT molecular complexity index is 726. The molecule has 1 aromatic carbocycles. The van der Waals surface area contributed by atoms with Gasteiger partial charge < -0.3 is 5.32 Å². The molecule has 6 heteroatoms. The van der Waals surface area contributed by atoms with E-state index in [1.807, 2.05) is 31.2 Å². The van der Waals surface area contributed by atoms with Gasteiger partial charge in [-0.2, -0.15) is 4.31 Å². The summed E-state index contributed by atoms with van der Waals surface area (Å²) in [5.41, 5.74) is 3.45. The number of sulfonamides is 1. The van der Waals surface area contributed by atoms with E-state index >= 15 is 0 Å². The molecule has 2 rings (SSSR count). The van der Waals surface area contributed by atoms with Crippen molar-refractivity contribution in [1.29, 1.82) is 0 Å². The summed E-state index contributed by atoms with van der Waals surface area (Å²) in [6, 6.07) is 7.82. The van der Waals surface area contributed by atoms with Crippen molar-refractivity contribution in [3.8, 4) is 0 Å². The Hall–Kier alpha value is -1.66. The number of carbonyl (C=O) groups is 1. The molecule has 1 aromatic rings. The number of carbonyl (C=O) groups excluding carboxylic acids is 1. The van der Waals surface area contributed by atoms with Gasteiger partial charge in [-0.05, 0) is 50.2 Å². The van der Waals surface area contributed by atoms with E-state index in [-0.39, 0.29) is 12.5 Å². The predicted octanol–water partition coefficient (Wildman–Crippen LogP) is 2.76. The monoisotopic (exact) mass is 364 g/mol. The van der Waals surface area contributed by atoms with Crippen LogP contribution in [-0.4, -0.2) is 38.0 Å². The highest BCUT2D eigenvalue weighted by atomic mass is 32.2. The van der Waals surface area contributed by atoms with Crippen molar-refractivity contribution in [3.05, 3.63) is 47.0 Å². The van der Waals surface area contributed by atoms with Crippen LogP contribution in [0, 0.1) is 6.92 Å². The highest BCUT2D eigenvalue weighted by Gasteiger charge is 2.20. The number of aryl methyl sites for hydroxylation is 1. The van der Waals surface area contributed by atoms with Gasteiger partial charge in [0.1, 0.15) is 0 Å². The first-order valence-electron chi connectivity index (χ1n) is 8.80. The molecule has 0 atom stereocenters. The van der Waals surface area contributed by atoms with E-state index in [2.05, 4.69) is 11.4 Å². The van der Waals surface area contributed by atoms with Gasteiger partial charge in [0.15, 0.2) is 0 Å². The average Bonchev–Trinajstić information content (AvgIpc) is 2.58. The van der Waals surface area contributed by atoms with Gasteiger partial charge >= 0.3 is 0 Å². The summed E-state index contributed by atoms with van der Waals surface area (Å²) in [5.74, 6) is -0.272. The van der Waals surface area contributed by atoms with E-state index in [0.717, 1.165) is 30.2 Å². The second kappa shape index (κ2) is 9.15. The standard InChI is InChI=1S/C19H28N2O3S/c1-16-8-6-7-11-18(16)14-20-19(22)15-21(25(2,23)24)13-12-17-9-4-3-5-10-17/h6-9,11H,3-5,10,12-15H2,1-2H3,(H,20,22). The molecule has 0 heterocycles. The molecule has 0 saturated carbocycles. The maximum Gasteiger partial charge on any atom is 0.235 e. The summed E-state index contributed by atoms with van der Waals surface area (Å²) in [6.07, 6.45) is 8.57. The summed E-state index contributed by atoms with van der Waals surface area (Å²) in [5, 5.41) is 2.82. The number of hydrogen-bond acceptors (Lipinski definition) is 3. The first-order chi connectivity index (χ1) is 11.9. The molecular formula is C19H28N2O3S. The molecule has 1 aliphatic carbocycles. The molecule has 138 valence electrons. The maximum absolute atomic E-state index is 12.2. The van der Waals surface area contributed by atoms with Gasteiger partial charge in [0.25, 0.3) is 0 Å². The van der Waals surface area contributed by atoms with E-state index in [0.29, 0.717) is 19.5 Å². The van der Waals surface area contributed by atoms with E-state index in [9.17, 15) is 13.2 Å². The molecule has 0 bridgehead atoms. The largest absolute Gasteiger partial charge is 0.351 e. The quantitative estimate of drug-likeness (QED) is 0.721. The van der Waals surface area contributed by atoms with E-state index in [4.69, 9.17) is 0 Å². The Labute approximate surface area is 151 Å². The maximum atomic E-state index is 12.2. The van der Waals surface area contributed by atoms with Crippen LogP contribution in [0.25, 0.3) is 0 Å². The van der Waals surface area contributed by atoms with Gasteiger partial charge in [-0.15, -0.1) is 0 Å². The van der Waals surface area contributed by atoms with E-state index in [1.54, 1.807) is 0 Å². The van der Waals surface area contributed by atoms with Crippen molar-refractivity contribution in [2.45, 2.75) is 45.6 Å². The fourth-order valence-corrected chi connectivity index (χ4v) is 3.76. The molecule has 5 nitrogen and oxygen atoms in total. The van der Waals surface area contributed by atoms with Crippen molar-refractivity contribution in [1.82, 2.24) is 9.62 Å². The highest BCUT2D eigenvalue weighted by Crippen LogP contribution is 2.20. The number of nitrogens with zero attached hydrogens (tertiary/aromatic N) is 1. The number of hydrogen-bond donors (Lipinski definition) is 1. The average molecular weight is 365 g/mol. The Morgan fingerprint density at radius 1 is 1.24 bits per heavy atom. The van der Waals surface area contributed by atoms with Crippen LogP contribution in [0.3, 0.4) is 0 Å². The summed E-state index contributed by atoms with van der Waals surface area (Å²) < 4.78 is 25.3. The predicted molar refractivity (Wildman–Crippen MR) is 101 cm³/mol. The number of nitrogens with one attached hydrogen (secondary N) is 1. The lowest BCUT2D eigenvalue weighted by molar-refractivity contribution is -0.121. The molecule has 0 spiro atoms. The minimum absolute atomic E-state index is 0.127. The fraction of sp³-hybridized carbons (Fsp3) is 0.526.